The van der Waals surface area contributed by atoms with E-state index in [9.17, 15) is 0 Å². The maximum atomic E-state index is 6.12. The maximum Gasteiger partial charge on any atom is 0.142 e. The summed E-state index contributed by atoms with van der Waals surface area (Å²) in [6.45, 7) is 1.06. The number of hydrogen-bond donors (Lipinski definition) is 1. The van der Waals surface area contributed by atoms with Gasteiger partial charge in [0, 0.05) is 11.1 Å². The number of imidazole rings is 1. The van der Waals surface area contributed by atoms with Gasteiger partial charge in [-0.2, -0.15) is 0 Å². The summed E-state index contributed by atoms with van der Waals surface area (Å²) >= 11 is 6.12. The minimum absolute atomic E-state index is 0.343. The molecule has 1 aromatic carbocycles. The number of methoxy groups -OCH3 is 1. The van der Waals surface area contributed by atoms with E-state index in [0.29, 0.717) is 11.1 Å². The third kappa shape index (κ3) is 2.53. The van der Waals surface area contributed by atoms with Gasteiger partial charge in [0.25, 0.3) is 0 Å². The Hall–Kier alpha value is -1.52. The van der Waals surface area contributed by atoms with Crippen LogP contribution in [0.1, 0.15) is 31.0 Å². The fourth-order valence-corrected chi connectivity index (χ4v) is 2.89. The molecule has 0 radical (unpaired) electrons. The summed E-state index contributed by atoms with van der Waals surface area (Å²) in [5.41, 5.74) is 2.09. The highest BCUT2D eigenvalue weighted by Gasteiger charge is 2.20. The number of nitrogens with zero attached hydrogens (tertiary/aromatic N) is 2. The Morgan fingerprint density at radius 3 is 3.05 bits per heavy atom. The standard InChI is InChI=1S/C15H18ClN3O/c1-20-15-6-5-11(16)8-13(15)19-10-17-9-14(19)12-4-2-3-7-18-12/h5-6,8-10,12,18H,2-4,7H2,1H3. The van der Waals surface area contributed by atoms with Crippen molar-refractivity contribution in [2.24, 2.45) is 0 Å². The number of aromatic nitrogens is 2. The second kappa shape index (κ2) is 5.85. The van der Waals surface area contributed by atoms with Gasteiger partial charge < -0.3 is 10.1 Å². The van der Waals surface area contributed by atoms with E-state index in [1.807, 2.05) is 30.7 Å². The molecule has 0 aliphatic carbocycles. The zero-order valence-electron chi connectivity index (χ0n) is 11.5. The molecule has 1 aliphatic heterocycles. The van der Waals surface area contributed by atoms with Crippen LogP contribution in [0.3, 0.4) is 0 Å². The number of ether oxygens (including phenoxy) is 1. The van der Waals surface area contributed by atoms with Crippen molar-refractivity contribution in [1.29, 1.82) is 0 Å². The van der Waals surface area contributed by atoms with E-state index < -0.39 is 0 Å². The third-order valence-corrected chi connectivity index (χ3v) is 3.97. The maximum absolute atomic E-state index is 6.12. The smallest absolute Gasteiger partial charge is 0.142 e. The van der Waals surface area contributed by atoms with Gasteiger partial charge in [-0.25, -0.2) is 4.98 Å². The molecule has 4 nitrogen and oxygen atoms in total. The molecule has 1 fully saturated rings. The molecule has 3 rings (SSSR count). The molecule has 0 bridgehead atoms. The van der Waals surface area contributed by atoms with E-state index in [0.717, 1.165) is 30.1 Å². The lowest BCUT2D eigenvalue weighted by Crippen LogP contribution is -2.28. The van der Waals surface area contributed by atoms with Crippen molar-refractivity contribution >= 4 is 11.6 Å². The predicted octanol–water partition coefficient (Wildman–Crippen LogP) is 3.35. The summed E-state index contributed by atoms with van der Waals surface area (Å²) in [6.07, 6.45) is 7.36. The average molecular weight is 292 g/mol. The van der Waals surface area contributed by atoms with Crippen LogP contribution in [0.2, 0.25) is 5.02 Å². The summed E-state index contributed by atoms with van der Waals surface area (Å²) in [5, 5.41) is 4.24. The van der Waals surface area contributed by atoms with Crippen LogP contribution in [0.4, 0.5) is 0 Å². The molecule has 0 spiro atoms. The Balaban J connectivity index is 2.02. The van der Waals surface area contributed by atoms with Crippen LogP contribution in [-0.2, 0) is 0 Å². The van der Waals surface area contributed by atoms with Gasteiger partial charge in [0.2, 0.25) is 0 Å². The predicted molar refractivity (Wildman–Crippen MR) is 79.7 cm³/mol. The molecule has 20 heavy (non-hydrogen) atoms. The van der Waals surface area contributed by atoms with E-state index >= 15 is 0 Å². The van der Waals surface area contributed by atoms with Crippen LogP contribution < -0.4 is 10.1 Å². The molecular weight excluding hydrogens is 274 g/mol. The number of piperidine rings is 1. The highest BCUT2D eigenvalue weighted by atomic mass is 35.5. The molecular formula is C15H18ClN3O. The van der Waals surface area contributed by atoms with Gasteiger partial charge in [0.05, 0.1) is 31.0 Å². The van der Waals surface area contributed by atoms with Crippen molar-refractivity contribution in [3.63, 3.8) is 0 Å². The normalized spacial score (nSPS) is 19.0. The summed E-state index contributed by atoms with van der Waals surface area (Å²) in [7, 11) is 1.67. The second-order valence-corrected chi connectivity index (χ2v) is 5.44. The van der Waals surface area contributed by atoms with Gasteiger partial charge in [-0.15, -0.1) is 0 Å². The molecule has 106 valence electrons. The van der Waals surface area contributed by atoms with Crippen molar-refractivity contribution in [1.82, 2.24) is 14.9 Å². The number of halogens is 1. The first-order valence-corrected chi connectivity index (χ1v) is 7.27. The average Bonchev–Trinajstić information content (AvgIpc) is 2.97. The zero-order chi connectivity index (χ0) is 13.9. The Morgan fingerprint density at radius 1 is 1.40 bits per heavy atom. The van der Waals surface area contributed by atoms with Gasteiger partial charge in [-0.05, 0) is 37.6 Å². The van der Waals surface area contributed by atoms with Crippen LogP contribution in [0.25, 0.3) is 5.69 Å². The Bertz CT molecular complexity index is 591. The first kappa shape index (κ1) is 13.5. The summed E-state index contributed by atoms with van der Waals surface area (Å²) < 4.78 is 7.50. The van der Waals surface area contributed by atoms with E-state index in [1.54, 1.807) is 7.11 Å². The van der Waals surface area contributed by atoms with Crippen molar-refractivity contribution in [3.8, 4) is 11.4 Å². The van der Waals surface area contributed by atoms with Crippen LogP contribution >= 0.6 is 11.6 Å². The van der Waals surface area contributed by atoms with Crippen molar-refractivity contribution in [2.75, 3.05) is 13.7 Å². The van der Waals surface area contributed by atoms with E-state index in [2.05, 4.69) is 14.9 Å². The largest absolute Gasteiger partial charge is 0.495 e. The minimum Gasteiger partial charge on any atom is -0.495 e. The molecule has 1 N–H and O–H groups in total. The van der Waals surface area contributed by atoms with Crippen LogP contribution in [0.15, 0.2) is 30.7 Å². The molecule has 1 aromatic heterocycles. The van der Waals surface area contributed by atoms with Crippen LogP contribution in [-0.4, -0.2) is 23.2 Å². The van der Waals surface area contributed by atoms with Gasteiger partial charge in [0.15, 0.2) is 0 Å². The summed E-state index contributed by atoms with van der Waals surface area (Å²) in [5.74, 6) is 0.796. The zero-order valence-corrected chi connectivity index (χ0v) is 12.2. The molecule has 1 unspecified atom stereocenters. The van der Waals surface area contributed by atoms with E-state index in [-0.39, 0.29) is 0 Å². The second-order valence-electron chi connectivity index (χ2n) is 5.01. The monoisotopic (exact) mass is 291 g/mol. The van der Waals surface area contributed by atoms with Crippen molar-refractivity contribution in [3.05, 3.63) is 41.4 Å². The highest BCUT2D eigenvalue weighted by Crippen LogP contribution is 2.31. The molecule has 0 saturated carbocycles. The lowest BCUT2D eigenvalue weighted by Gasteiger charge is -2.25. The van der Waals surface area contributed by atoms with Gasteiger partial charge in [0.1, 0.15) is 5.75 Å². The molecule has 1 aliphatic rings. The van der Waals surface area contributed by atoms with Gasteiger partial charge in [-0.1, -0.05) is 18.0 Å². The Kier molecular flexibility index (Phi) is 3.94. The highest BCUT2D eigenvalue weighted by molar-refractivity contribution is 6.30. The van der Waals surface area contributed by atoms with Gasteiger partial charge in [-0.3, -0.25) is 4.57 Å². The molecule has 0 amide bonds. The Morgan fingerprint density at radius 2 is 2.30 bits per heavy atom. The number of nitrogens with one attached hydrogen (secondary N) is 1. The van der Waals surface area contributed by atoms with Gasteiger partial charge >= 0.3 is 0 Å². The topological polar surface area (TPSA) is 39.1 Å². The fourth-order valence-electron chi connectivity index (χ4n) is 2.72. The fraction of sp³-hybridized carbons (Fsp3) is 0.400. The summed E-state index contributed by atoms with van der Waals surface area (Å²) in [4.78, 5) is 4.30. The lowest BCUT2D eigenvalue weighted by molar-refractivity contribution is 0.396. The van der Waals surface area contributed by atoms with Crippen LogP contribution in [0, 0.1) is 0 Å². The molecule has 1 saturated heterocycles. The minimum atomic E-state index is 0.343. The Labute approximate surface area is 123 Å². The molecule has 2 aromatic rings. The molecule has 5 heteroatoms. The van der Waals surface area contributed by atoms with E-state index in [1.165, 1.54) is 12.8 Å². The first-order valence-electron chi connectivity index (χ1n) is 6.89. The van der Waals surface area contributed by atoms with Crippen LogP contribution in [0.5, 0.6) is 5.75 Å². The van der Waals surface area contributed by atoms with Crippen molar-refractivity contribution in [2.45, 2.75) is 25.3 Å². The van der Waals surface area contributed by atoms with Crippen molar-refractivity contribution < 1.29 is 4.74 Å². The quantitative estimate of drug-likeness (QED) is 0.942. The third-order valence-electron chi connectivity index (χ3n) is 3.73. The number of rotatable bonds is 3. The summed E-state index contributed by atoms with van der Waals surface area (Å²) in [6, 6.07) is 5.97. The number of hydrogen-bond acceptors (Lipinski definition) is 3. The first-order chi connectivity index (χ1) is 9.79. The number of benzene rings is 1. The molecule has 1 atom stereocenters. The van der Waals surface area contributed by atoms with E-state index in [4.69, 9.17) is 16.3 Å². The lowest BCUT2D eigenvalue weighted by atomic mass is 10.0. The molecule has 2 heterocycles. The SMILES string of the molecule is COc1ccc(Cl)cc1-n1cncc1C1CCCCN1.